The molecule has 4 nitrogen and oxygen atoms in total. The minimum Gasteiger partial charge on any atom is -0.298 e. The Balaban J connectivity index is 2.38. The summed E-state index contributed by atoms with van der Waals surface area (Å²) in [5.74, 6) is 0.441. The maximum Gasteiger partial charge on any atom is 0.151 e. The van der Waals surface area contributed by atoms with Crippen LogP contribution in [0.2, 0.25) is 0 Å². The molecular formula is C12H13N3O. The molecule has 0 bridgehead atoms. The number of carbonyl (C=O) groups is 1. The third-order valence-electron chi connectivity index (χ3n) is 2.41. The summed E-state index contributed by atoms with van der Waals surface area (Å²) in [6.45, 7) is 4.23. The molecule has 2 aromatic heterocycles. The first kappa shape index (κ1) is 10.5. The zero-order chi connectivity index (χ0) is 11.5. The molecule has 0 spiro atoms. The highest BCUT2D eigenvalue weighted by atomic mass is 16.1. The molecule has 0 aromatic carbocycles. The molecule has 82 valence electrons. The lowest BCUT2D eigenvalue weighted by atomic mass is 10.1. The van der Waals surface area contributed by atoms with Crippen LogP contribution in [0.1, 0.15) is 35.7 Å². The molecule has 0 aliphatic rings. The molecule has 2 heterocycles. The second kappa shape index (κ2) is 4.26. The number of aldehydes is 1. The molecule has 16 heavy (non-hydrogen) atoms. The SMILES string of the molecule is CC(C)c1cnn(-c2cncc(C=O)c2)c1. The Kier molecular flexibility index (Phi) is 2.81. The van der Waals surface area contributed by atoms with Gasteiger partial charge in [0, 0.05) is 18.0 Å². The van der Waals surface area contributed by atoms with E-state index >= 15 is 0 Å². The van der Waals surface area contributed by atoms with Crippen LogP contribution in [0.15, 0.2) is 30.9 Å². The number of hydrogen-bond donors (Lipinski definition) is 0. The molecule has 4 heteroatoms. The highest BCUT2D eigenvalue weighted by Gasteiger charge is 2.04. The molecule has 0 N–H and O–H groups in total. The fourth-order valence-electron chi connectivity index (χ4n) is 1.41. The van der Waals surface area contributed by atoms with Crippen LogP contribution < -0.4 is 0 Å². The summed E-state index contributed by atoms with van der Waals surface area (Å²) >= 11 is 0. The van der Waals surface area contributed by atoms with E-state index in [0.29, 0.717) is 11.5 Å². The molecular weight excluding hydrogens is 202 g/mol. The van der Waals surface area contributed by atoms with Gasteiger partial charge in [0.05, 0.1) is 18.1 Å². The van der Waals surface area contributed by atoms with E-state index in [1.54, 1.807) is 16.9 Å². The summed E-state index contributed by atoms with van der Waals surface area (Å²) in [6, 6.07) is 1.76. The van der Waals surface area contributed by atoms with Gasteiger partial charge in [0.2, 0.25) is 0 Å². The second-order valence-electron chi connectivity index (χ2n) is 3.97. The maximum atomic E-state index is 10.6. The van der Waals surface area contributed by atoms with Gasteiger partial charge in [0.25, 0.3) is 0 Å². The molecule has 0 aliphatic heterocycles. The minimum absolute atomic E-state index is 0.441. The lowest BCUT2D eigenvalue weighted by Gasteiger charge is -2.01. The maximum absolute atomic E-state index is 10.6. The van der Waals surface area contributed by atoms with E-state index < -0.39 is 0 Å². The van der Waals surface area contributed by atoms with Gasteiger partial charge in [-0.1, -0.05) is 13.8 Å². The summed E-state index contributed by atoms with van der Waals surface area (Å²) < 4.78 is 1.73. The van der Waals surface area contributed by atoms with E-state index in [9.17, 15) is 4.79 Å². The molecule has 0 unspecified atom stereocenters. The Morgan fingerprint density at radius 3 is 2.75 bits per heavy atom. The van der Waals surface area contributed by atoms with Crippen LogP contribution in [0.25, 0.3) is 5.69 Å². The van der Waals surface area contributed by atoms with Crippen molar-refractivity contribution >= 4 is 6.29 Å². The van der Waals surface area contributed by atoms with Crippen LogP contribution in [0.5, 0.6) is 0 Å². The van der Waals surface area contributed by atoms with Gasteiger partial charge in [-0.25, -0.2) is 4.68 Å². The van der Waals surface area contributed by atoms with Crippen molar-refractivity contribution in [2.75, 3.05) is 0 Å². The summed E-state index contributed by atoms with van der Waals surface area (Å²) in [5, 5.41) is 4.24. The van der Waals surface area contributed by atoms with Gasteiger partial charge in [-0.3, -0.25) is 9.78 Å². The Morgan fingerprint density at radius 2 is 2.12 bits per heavy atom. The van der Waals surface area contributed by atoms with Crippen molar-refractivity contribution < 1.29 is 4.79 Å². The van der Waals surface area contributed by atoms with Crippen LogP contribution in [-0.4, -0.2) is 21.1 Å². The van der Waals surface area contributed by atoms with Gasteiger partial charge < -0.3 is 0 Å². The molecule has 0 saturated carbocycles. The van der Waals surface area contributed by atoms with Gasteiger partial charge in [-0.15, -0.1) is 0 Å². The average Bonchev–Trinajstić information content (AvgIpc) is 2.78. The van der Waals surface area contributed by atoms with E-state index in [1.807, 2.05) is 12.4 Å². The summed E-state index contributed by atoms with van der Waals surface area (Å²) in [5.41, 5.74) is 2.52. The lowest BCUT2D eigenvalue weighted by molar-refractivity contribution is 0.112. The zero-order valence-corrected chi connectivity index (χ0v) is 9.29. The monoisotopic (exact) mass is 215 g/mol. The fraction of sp³-hybridized carbons (Fsp3) is 0.250. The molecule has 0 atom stereocenters. The molecule has 0 fully saturated rings. The Bertz CT molecular complexity index is 502. The minimum atomic E-state index is 0.441. The van der Waals surface area contributed by atoms with Crippen LogP contribution in [0, 0.1) is 0 Å². The van der Waals surface area contributed by atoms with Crippen molar-refractivity contribution in [3.63, 3.8) is 0 Å². The van der Waals surface area contributed by atoms with Crippen molar-refractivity contribution in [2.24, 2.45) is 0 Å². The van der Waals surface area contributed by atoms with Gasteiger partial charge in [-0.05, 0) is 17.5 Å². The van der Waals surface area contributed by atoms with Gasteiger partial charge >= 0.3 is 0 Å². The predicted molar refractivity (Wildman–Crippen MR) is 60.8 cm³/mol. The third kappa shape index (κ3) is 2.00. The normalized spacial score (nSPS) is 10.7. The van der Waals surface area contributed by atoms with Crippen molar-refractivity contribution in [3.05, 3.63) is 42.0 Å². The van der Waals surface area contributed by atoms with E-state index in [0.717, 1.165) is 17.5 Å². The first-order chi connectivity index (χ1) is 7.70. The van der Waals surface area contributed by atoms with Crippen molar-refractivity contribution in [1.29, 1.82) is 0 Å². The third-order valence-corrected chi connectivity index (χ3v) is 2.41. The van der Waals surface area contributed by atoms with E-state index in [-0.39, 0.29) is 0 Å². The number of nitrogens with zero attached hydrogens (tertiary/aromatic N) is 3. The van der Waals surface area contributed by atoms with Crippen molar-refractivity contribution in [1.82, 2.24) is 14.8 Å². The standard InChI is InChI=1S/C12H13N3O/c1-9(2)11-5-14-15(7-11)12-3-10(8-16)4-13-6-12/h3-9H,1-2H3. The average molecular weight is 215 g/mol. The van der Waals surface area contributed by atoms with E-state index in [2.05, 4.69) is 23.9 Å². The highest BCUT2D eigenvalue weighted by molar-refractivity contribution is 5.75. The molecule has 0 radical (unpaired) electrons. The fourth-order valence-corrected chi connectivity index (χ4v) is 1.41. The van der Waals surface area contributed by atoms with Crippen LogP contribution >= 0.6 is 0 Å². The smallest absolute Gasteiger partial charge is 0.151 e. The van der Waals surface area contributed by atoms with E-state index in [1.165, 1.54) is 6.20 Å². The van der Waals surface area contributed by atoms with Crippen LogP contribution in [0.3, 0.4) is 0 Å². The molecule has 0 aliphatic carbocycles. The Hall–Kier alpha value is -1.97. The van der Waals surface area contributed by atoms with Gasteiger partial charge in [0.1, 0.15) is 0 Å². The molecule has 2 aromatic rings. The molecule has 0 amide bonds. The lowest BCUT2D eigenvalue weighted by Crippen LogP contribution is -1.96. The summed E-state index contributed by atoms with van der Waals surface area (Å²) in [4.78, 5) is 14.6. The van der Waals surface area contributed by atoms with E-state index in [4.69, 9.17) is 0 Å². The Morgan fingerprint density at radius 1 is 1.31 bits per heavy atom. The first-order valence-electron chi connectivity index (χ1n) is 5.16. The van der Waals surface area contributed by atoms with Crippen molar-refractivity contribution in [2.45, 2.75) is 19.8 Å². The van der Waals surface area contributed by atoms with Crippen LogP contribution in [-0.2, 0) is 0 Å². The summed E-state index contributed by atoms with van der Waals surface area (Å²) in [6.07, 6.45) is 7.78. The quantitative estimate of drug-likeness (QED) is 0.737. The zero-order valence-electron chi connectivity index (χ0n) is 9.29. The molecule has 0 saturated heterocycles. The predicted octanol–water partition coefficient (Wildman–Crippen LogP) is 2.20. The number of carbonyl (C=O) groups excluding carboxylic acids is 1. The highest BCUT2D eigenvalue weighted by Crippen LogP contribution is 2.15. The number of pyridine rings is 1. The van der Waals surface area contributed by atoms with Gasteiger partial charge in [-0.2, -0.15) is 5.10 Å². The summed E-state index contributed by atoms with van der Waals surface area (Å²) in [7, 11) is 0. The second-order valence-corrected chi connectivity index (χ2v) is 3.97. The number of rotatable bonds is 3. The first-order valence-corrected chi connectivity index (χ1v) is 5.16. The molecule has 2 rings (SSSR count). The van der Waals surface area contributed by atoms with Gasteiger partial charge in [0.15, 0.2) is 6.29 Å². The van der Waals surface area contributed by atoms with Crippen molar-refractivity contribution in [3.8, 4) is 5.69 Å². The largest absolute Gasteiger partial charge is 0.298 e. The topological polar surface area (TPSA) is 47.8 Å². The number of hydrogen-bond acceptors (Lipinski definition) is 3. The Labute approximate surface area is 93.9 Å². The number of aromatic nitrogens is 3. The van der Waals surface area contributed by atoms with Crippen LogP contribution in [0.4, 0.5) is 0 Å².